The molecule has 1 aromatic heterocycles. The molecule has 0 aliphatic rings. The molecule has 0 fully saturated rings. The van der Waals surface area contributed by atoms with Crippen molar-refractivity contribution in [2.75, 3.05) is 13.7 Å². The second kappa shape index (κ2) is 13.4. The fourth-order valence-corrected chi connectivity index (χ4v) is 5.56. The second-order valence-corrected chi connectivity index (χ2v) is 11.6. The maximum atomic E-state index is 14.4. The molecular formula is C31H28Cl2FN5O3S. The summed E-state index contributed by atoms with van der Waals surface area (Å²) in [6, 6.07) is 15.1. The van der Waals surface area contributed by atoms with Crippen molar-refractivity contribution in [2.24, 2.45) is 16.5 Å². The second-order valence-electron chi connectivity index (χ2n) is 9.85. The van der Waals surface area contributed by atoms with Gasteiger partial charge in [0.1, 0.15) is 6.54 Å². The molecule has 222 valence electrons. The number of halogens is 3. The van der Waals surface area contributed by atoms with Crippen molar-refractivity contribution in [3.63, 3.8) is 0 Å². The van der Waals surface area contributed by atoms with E-state index in [1.807, 2.05) is 30.5 Å². The molecule has 0 atom stereocenters. The molecule has 0 aliphatic heterocycles. The number of benzene rings is 3. The lowest BCUT2D eigenvalue weighted by molar-refractivity contribution is 0.0696. The minimum Gasteiger partial charge on any atom is -0.494 e. The molecular weight excluding hydrogens is 612 g/mol. The normalized spacial score (nSPS) is 11.0. The number of nitrogens with two attached hydrogens (primary N) is 2. The lowest BCUT2D eigenvalue weighted by Crippen LogP contribution is -2.23. The van der Waals surface area contributed by atoms with Crippen molar-refractivity contribution in [1.82, 2.24) is 9.55 Å². The lowest BCUT2D eigenvalue weighted by Gasteiger charge is -2.28. The zero-order valence-corrected chi connectivity index (χ0v) is 25.8. The van der Waals surface area contributed by atoms with Crippen LogP contribution in [0.15, 0.2) is 70.9 Å². The fourth-order valence-electron chi connectivity index (χ4n) is 4.33. The molecule has 0 saturated heterocycles. The zero-order chi connectivity index (χ0) is 31.3. The van der Waals surface area contributed by atoms with E-state index in [1.165, 1.54) is 24.9 Å². The van der Waals surface area contributed by atoms with Gasteiger partial charge in [-0.25, -0.2) is 19.2 Å². The van der Waals surface area contributed by atoms with Gasteiger partial charge in [0.15, 0.2) is 22.7 Å². The van der Waals surface area contributed by atoms with E-state index in [1.54, 1.807) is 42.6 Å². The highest BCUT2D eigenvalue weighted by Gasteiger charge is 2.30. The highest BCUT2D eigenvalue weighted by Crippen LogP contribution is 2.39. The van der Waals surface area contributed by atoms with Crippen LogP contribution in [0.4, 0.5) is 4.39 Å². The first kappa shape index (κ1) is 31.8. The summed E-state index contributed by atoms with van der Waals surface area (Å²) in [6.07, 6.45) is 1.76. The van der Waals surface area contributed by atoms with Crippen molar-refractivity contribution in [2.45, 2.75) is 30.2 Å². The van der Waals surface area contributed by atoms with Crippen LogP contribution in [0, 0.1) is 17.7 Å². The van der Waals surface area contributed by atoms with Gasteiger partial charge in [-0.2, -0.15) is 0 Å². The van der Waals surface area contributed by atoms with E-state index in [0.29, 0.717) is 32.2 Å². The van der Waals surface area contributed by atoms with Crippen LogP contribution in [-0.4, -0.2) is 40.2 Å². The third-order valence-electron chi connectivity index (χ3n) is 6.65. The number of guanidine groups is 1. The molecule has 0 aliphatic carbocycles. The molecule has 1 heterocycles. The van der Waals surface area contributed by atoms with Gasteiger partial charge >= 0.3 is 5.97 Å². The van der Waals surface area contributed by atoms with Crippen LogP contribution >= 0.6 is 35.0 Å². The number of hydrogen-bond acceptors (Lipinski definition) is 5. The van der Waals surface area contributed by atoms with E-state index >= 15 is 0 Å². The maximum Gasteiger partial charge on any atom is 0.336 e. The van der Waals surface area contributed by atoms with Crippen molar-refractivity contribution in [3.05, 3.63) is 105 Å². The van der Waals surface area contributed by atoms with Crippen LogP contribution in [0.25, 0.3) is 5.69 Å². The number of nitrogens with zero attached hydrogens (tertiary/aromatic N) is 3. The predicted octanol–water partition coefficient (Wildman–Crippen LogP) is 6.27. The molecule has 43 heavy (non-hydrogen) atoms. The van der Waals surface area contributed by atoms with Gasteiger partial charge in [-0.3, -0.25) is 4.57 Å². The third-order valence-corrected chi connectivity index (χ3v) is 8.41. The Balaban J connectivity index is 1.73. The number of aromatic nitrogens is 2. The van der Waals surface area contributed by atoms with Gasteiger partial charge < -0.3 is 21.3 Å². The molecule has 3 aromatic carbocycles. The van der Waals surface area contributed by atoms with Gasteiger partial charge in [0.05, 0.1) is 40.3 Å². The minimum absolute atomic E-state index is 0.0523. The molecule has 12 heteroatoms. The Morgan fingerprint density at radius 3 is 2.58 bits per heavy atom. The number of rotatable bonds is 9. The Hall–Kier alpha value is -4.17. The zero-order valence-electron chi connectivity index (χ0n) is 23.5. The number of aromatic carboxylic acids is 1. The van der Waals surface area contributed by atoms with Crippen molar-refractivity contribution in [1.29, 1.82) is 0 Å². The maximum absolute atomic E-state index is 14.4. The topological polar surface area (TPSA) is 129 Å². The first-order valence-corrected chi connectivity index (χ1v) is 14.6. The number of methoxy groups -OCH3 is 1. The van der Waals surface area contributed by atoms with Crippen LogP contribution in [0.3, 0.4) is 0 Å². The SMILES string of the molecule is COc1cc(-n2c(C(C)(C)c3ccc(Cl)c(Cl)c3)cnc2SCc2ccc(C#CCN=C(N)N)c(C(=O)O)c2)ccc1F. The summed E-state index contributed by atoms with van der Waals surface area (Å²) in [7, 11) is 1.40. The van der Waals surface area contributed by atoms with E-state index < -0.39 is 17.2 Å². The van der Waals surface area contributed by atoms with E-state index in [0.717, 1.165) is 16.8 Å². The Morgan fingerprint density at radius 2 is 1.91 bits per heavy atom. The third kappa shape index (κ3) is 7.25. The van der Waals surface area contributed by atoms with Crippen LogP contribution in [0.5, 0.6) is 5.75 Å². The Bertz CT molecular complexity index is 1770. The van der Waals surface area contributed by atoms with Crippen LogP contribution in [0.1, 0.15) is 46.6 Å². The van der Waals surface area contributed by atoms with Gasteiger partial charge in [-0.15, -0.1) is 0 Å². The number of ether oxygens (including phenoxy) is 1. The highest BCUT2D eigenvalue weighted by molar-refractivity contribution is 7.98. The van der Waals surface area contributed by atoms with E-state index in [-0.39, 0.29) is 23.8 Å². The number of hydrogen-bond donors (Lipinski definition) is 3. The first-order chi connectivity index (χ1) is 20.4. The smallest absolute Gasteiger partial charge is 0.336 e. The fraction of sp³-hybridized carbons (Fsp3) is 0.194. The van der Waals surface area contributed by atoms with Gasteiger partial charge in [0.2, 0.25) is 0 Å². The van der Waals surface area contributed by atoms with Gasteiger partial charge in [0.25, 0.3) is 0 Å². The summed E-state index contributed by atoms with van der Waals surface area (Å²) in [5.41, 5.74) is 13.5. The number of thioether (sulfide) groups is 1. The van der Waals surface area contributed by atoms with Crippen LogP contribution < -0.4 is 16.2 Å². The average Bonchev–Trinajstić information content (AvgIpc) is 3.41. The monoisotopic (exact) mass is 639 g/mol. The van der Waals surface area contributed by atoms with E-state index in [9.17, 15) is 14.3 Å². The molecule has 0 spiro atoms. The number of carboxylic acids is 1. The Labute approximate surface area is 262 Å². The summed E-state index contributed by atoms with van der Waals surface area (Å²) in [5.74, 6) is 4.34. The standard InChI is InChI=1S/C31H28Cl2FN5O3S/c1-31(2,20-8-10-23(32)24(33)14-20)27-16-38-30(39(27)21-9-11-25(34)26(15-21)42-3)43-17-18-6-7-19(22(13-18)28(40)41)5-4-12-37-29(35)36/h6-11,13-16H,12,17H2,1-3H3,(H,40,41)(H4,35,36,37). The molecule has 5 N–H and O–H groups in total. The number of imidazole rings is 1. The summed E-state index contributed by atoms with van der Waals surface area (Å²) in [5, 5.41) is 11.3. The average molecular weight is 641 g/mol. The van der Waals surface area contributed by atoms with Crippen molar-refractivity contribution >= 4 is 46.9 Å². The summed E-state index contributed by atoms with van der Waals surface area (Å²) >= 11 is 13.9. The van der Waals surface area contributed by atoms with Gasteiger partial charge in [0, 0.05) is 22.8 Å². The summed E-state index contributed by atoms with van der Waals surface area (Å²) in [4.78, 5) is 20.5. The van der Waals surface area contributed by atoms with Gasteiger partial charge in [-0.05, 0) is 47.5 Å². The summed E-state index contributed by atoms with van der Waals surface area (Å²) < 4.78 is 21.6. The quantitative estimate of drug-likeness (QED) is 0.0852. The van der Waals surface area contributed by atoms with Crippen LogP contribution in [0.2, 0.25) is 10.0 Å². The predicted molar refractivity (Wildman–Crippen MR) is 169 cm³/mol. The van der Waals surface area contributed by atoms with Crippen LogP contribution in [-0.2, 0) is 11.2 Å². The Kier molecular flexibility index (Phi) is 9.91. The highest BCUT2D eigenvalue weighted by atomic mass is 35.5. The largest absolute Gasteiger partial charge is 0.494 e. The molecule has 4 aromatic rings. The van der Waals surface area contributed by atoms with Crippen molar-refractivity contribution in [3.8, 4) is 23.3 Å². The Morgan fingerprint density at radius 1 is 1.14 bits per heavy atom. The molecule has 0 bridgehead atoms. The van der Waals surface area contributed by atoms with E-state index in [2.05, 4.69) is 16.8 Å². The summed E-state index contributed by atoms with van der Waals surface area (Å²) in [6.45, 7) is 4.11. The van der Waals surface area contributed by atoms with Gasteiger partial charge in [-0.1, -0.05) is 72.8 Å². The molecule has 0 radical (unpaired) electrons. The van der Waals surface area contributed by atoms with Crippen molar-refractivity contribution < 1.29 is 19.0 Å². The molecule has 0 unspecified atom stereocenters. The minimum atomic E-state index is -1.11. The molecule has 8 nitrogen and oxygen atoms in total. The first-order valence-electron chi connectivity index (χ1n) is 12.8. The molecule has 0 amide bonds. The molecule has 0 saturated carbocycles. The number of aliphatic imine (C=N–C) groups is 1. The van der Waals surface area contributed by atoms with E-state index in [4.69, 9.17) is 44.4 Å². The number of carbonyl (C=O) groups is 1. The molecule has 4 rings (SSSR count). The lowest BCUT2D eigenvalue weighted by atomic mass is 9.81. The number of carboxylic acid groups (broad SMARTS) is 1.